The van der Waals surface area contributed by atoms with Crippen LogP contribution in [0.4, 0.5) is 0 Å². The fourth-order valence-electron chi connectivity index (χ4n) is 5.55. The van der Waals surface area contributed by atoms with Gasteiger partial charge in [0.05, 0.1) is 29.1 Å². The van der Waals surface area contributed by atoms with Crippen LogP contribution in [0.25, 0.3) is 29.6 Å². The Morgan fingerprint density at radius 2 is 1.39 bits per heavy atom. The summed E-state index contributed by atoms with van der Waals surface area (Å²) in [5.74, 6) is 0. The first-order chi connectivity index (χ1) is 17.5. The molecule has 1 N–H and O–H groups in total. The lowest BCUT2D eigenvalue weighted by Crippen LogP contribution is -2.27. The molecule has 0 amide bonds. The summed E-state index contributed by atoms with van der Waals surface area (Å²) in [4.78, 5) is 10.0. The molecular formula is C32H28N2O2. The first kappa shape index (κ1) is 22.3. The quantitative estimate of drug-likeness (QED) is 0.698. The number of aliphatic hydroxyl groups is 1. The normalized spacial score (nSPS) is 18.9. The summed E-state index contributed by atoms with van der Waals surface area (Å²) in [5, 5.41) is 11.9. The molecule has 2 aromatic rings. The van der Waals surface area contributed by atoms with Crippen molar-refractivity contribution in [3.8, 4) is 0 Å². The minimum atomic E-state index is 0.771. The van der Waals surface area contributed by atoms with Crippen molar-refractivity contribution in [3.63, 3.8) is 0 Å². The van der Waals surface area contributed by atoms with Gasteiger partial charge in [-0.15, -0.1) is 0 Å². The van der Waals surface area contributed by atoms with Crippen LogP contribution in [0.15, 0.2) is 96.6 Å². The maximum absolute atomic E-state index is 10.1. The Morgan fingerprint density at radius 1 is 0.778 bits per heavy atom. The summed E-state index contributed by atoms with van der Waals surface area (Å²) < 4.78 is 6.15. The molecule has 0 spiro atoms. The Labute approximate surface area is 210 Å². The summed E-state index contributed by atoms with van der Waals surface area (Å²) in [7, 11) is 0. The molecule has 1 aromatic heterocycles. The highest BCUT2D eigenvalue weighted by Gasteiger charge is 2.23. The molecule has 0 fully saturated rings. The average molecular weight is 473 g/mol. The van der Waals surface area contributed by atoms with E-state index in [-0.39, 0.29) is 0 Å². The van der Waals surface area contributed by atoms with E-state index < -0.39 is 0 Å². The van der Waals surface area contributed by atoms with Gasteiger partial charge in [0, 0.05) is 17.4 Å². The Balaban J connectivity index is 1.71. The molecule has 4 nitrogen and oxygen atoms in total. The van der Waals surface area contributed by atoms with E-state index >= 15 is 0 Å². The molecule has 0 atom stereocenters. The molecule has 36 heavy (non-hydrogen) atoms. The molecule has 1 aliphatic carbocycles. The van der Waals surface area contributed by atoms with Crippen LogP contribution in [-0.4, -0.2) is 16.5 Å². The van der Waals surface area contributed by atoms with Gasteiger partial charge in [-0.2, -0.15) is 0 Å². The predicted molar refractivity (Wildman–Crippen MR) is 148 cm³/mol. The molecule has 178 valence electrons. The van der Waals surface area contributed by atoms with Gasteiger partial charge in [0.1, 0.15) is 10.8 Å². The molecule has 6 rings (SSSR count). The molecule has 4 heterocycles. The Morgan fingerprint density at radius 3 is 1.97 bits per heavy atom. The van der Waals surface area contributed by atoms with E-state index in [0.717, 1.165) is 79.2 Å². The maximum atomic E-state index is 10.1. The lowest BCUT2D eigenvalue weighted by Gasteiger charge is -2.04. The van der Waals surface area contributed by atoms with Crippen LogP contribution in [0, 0.1) is 0 Å². The summed E-state index contributed by atoms with van der Waals surface area (Å²) in [6.45, 7) is 8.59. The van der Waals surface area contributed by atoms with Crippen LogP contribution in [0.3, 0.4) is 0 Å². The third-order valence-electron chi connectivity index (χ3n) is 7.42. The highest BCUT2D eigenvalue weighted by atomic mass is 16.3. The number of allylic oxidation sites excluding steroid dienone is 8. The number of rotatable bonds is 2. The van der Waals surface area contributed by atoms with E-state index in [1.807, 2.05) is 36.4 Å². The first-order valence-corrected chi connectivity index (χ1v) is 12.5. The van der Waals surface area contributed by atoms with Crippen molar-refractivity contribution in [1.82, 2.24) is 0 Å². The molecule has 1 aromatic carbocycles. The van der Waals surface area contributed by atoms with E-state index in [2.05, 4.69) is 52.0 Å². The summed E-state index contributed by atoms with van der Waals surface area (Å²) in [6.07, 6.45) is 13.5. The SMILES string of the molecule is CCC1=C(C)C2=NC1=CC1=CC(=c3c1ccc/c3=C/O)C=C1N=C(C=c3ccc(o3)=C2)C(C)=C1CC. The van der Waals surface area contributed by atoms with Crippen LogP contribution in [0.2, 0.25) is 0 Å². The van der Waals surface area contributed by atoms with E-state index in [4.69, 9.17) is 14.4 Å². The van der Waals surface area contributed by atoms with Gasteiger partial charge in [-0.3, -0.25) is 0 Å². The fraction of sp³-hybridized carbons (Fsp3) is 0.188. The maximum Gasteiger partial charge on any atom is 0.129 e. The van der Waals surface area contributed by atoms with Crippen LogP contribution < -0.4 is 21.3 Å². The summed E-state index contributed by atoms with van der Waals surface area (Å²) in [5.41, 5.74) is 13.3. The second kappa shape index (κ2) is 8.49. The van der Waals surface area contributed by atoms with E-state index in [9.17, 15) is 5.11 Å². The van der Waals surface area contributed by atoms with Gasteiger partial charge < -0.3 is 9.52 Å². The molecule has 3 aliphatic heterocycles. The summed E-state index contributed by atoms with van der Waals surface area (Å²) >= 11 is 0. The van der Waals surface area contributed by atoms with E-state index in [0.29, 0.717) is 0 Å². The van der Waals surface area contributed by atoms with Crippen molar-refractivity contribution in [1.29, 1.82) is 0 Å². The van der Waals surface area contributed by atoms with Gasteiger partial charge in [0.2, 0.25) is 0 Å². The topological polar surface area (TPSA) is 58.1 Å². The van der Waals surface area contributed by atoms with Crippen molar-refractivity contribution in [2.24, 2.45) is 9.98 Å². The van der Waals surface area contributed by atoms with E-state index in [1.54, 1.807) is 0 Å². The van der Waals surface area contributed by atoms with Gasteiger partial charge in [0.15, 0.2) is 0 Å². The van der Waals surface area contributed by atoms with Crippen molar-refractivity contribution in [2.45, 2.75) is 40.5 Å². The highest BCUT2D eigenvalue weighted by molar-refractivity contribution is 6.24. The average Bonchev–Trinajstić information content (AvgIpc) is 3.61. The first-order valence-electron chi connectivity index (χ1n) is 12.5. The minimum absolute atomic E-state index is 0.771. The van der Waals surface area contributed by atoms with Gasteiger partial charge in [0.25, 0.3) is 0 Å². The van der Waals surface area contributed by atoms with Crippen molar-refractivity contribution >= 4 is 41.0 Å². The molecule has 8 bridgehead atoms. The number of hydrogen-bond donors (Lipinski definition) is 1. The molecule has 0 saturated carbocycles. The zero-order valence-electron chi connectivity index (χ0n) is 21.0. The largest absolute Gasteiger partial charge is 0.515 e. The number of benzene rings is 1. The molecule has 0 saturated heterocycles. The van der Waals surface area contributed by atoms with Crippen molar-refractivity contribution < 1.29 is 9.52 Å². The zero-order valence-corrected chi connectivity index (χ0v) is 21.0. The number of fused-ring (bicyclic) bond motifs is 7. The highest BCUT2D eigenvalue weighted by Crippen LogP contribution is 2.34. The van der Waals surface area contributed by atoms with Crippen LogP contribution in [0.1, 0.15) is 46.1 Å². The van der Waals surface area contributed by atoms with Crippen LogP contribution >= 0.6 is 0 Å². The Bertz CT molecular complexity index is 1810. The number of nitrogens with zero attached hydrogens (tertiary/aromatic N) is 2. The molecule has 0 radical (unpaired) electrons. The lowest BCUT2D eigenvalue weighted by molar-refractivity contribution is 0.503. The number of aliphatic hydroxyl groups excluding tert-OH is 1. The van der Waals surface area contributed by atoms with Crippen molar-refractivity contribution in [2.75, 3.05) is 0 Å². The van der Waals surface area contributed by atoms with Crippen molar-refractivity contribution in [3.05, 3.63) is 109 Å². The van der Waals surface area contributed by atoms with Gasteiger partial charge >= 0.3 is 0 Å². The predicted octanol–water partition coefficient (Wildman–Crippen LogP) is 4.53. The monoisotopic (exact) mass is 472 g/mol. The standard InChI is InChI=1S/C32H28N2O2/c1-5-25-18(3)28-15-23-10-11-24(36-23)16-29-19(4)26(6-2)31(34-29)14-22-12-21(13-30(25)33-28)27-9-7-8-20(17-35)32(22)27/h7-17,35H,5-6H2,1-4H3/b20-17-,23-15?,24-16?,30-13?,31-14?. The third-order valence-corrected chi connectivity index (χ3v) is 7.42. The number of hydrogen-bond acceptors (Lipinski definition) is 4. The fourth-order valence-corrected chi connectivity index (χ4v) is 5.55. The van der Waals surface area contributed by atoms with Gasteiger partial charge in [-0.25, -0.2) is 9.98 Å². The molecule has 4 heteroatoms. The number of aliphatic imine (C=N–C) groups is 2. The third kappa shape index (κ3) is 3.44. The molecule has 4 aliphatic rings. The minimum Gasteiger partial charge on any atom is -0.515 e. The second-order valence-corrected chi connectivity index (χ2v) is 9.45. The molecular weight excluding hydrogens is 444 g/mol. The Kier molecular flexibility index (Phi) is 5.26. The van der Waals surface area contributed by atoms with Gasteiger partial charge in [-0.1, -0.05) is 32.0 Å². The van der Waals surface area contributed by atoms with Crippen LogP contribution in [0.5, 0.6) is 0 Å². The van der Waals surface area contributed by atoms with E-state index in [1.165, 1.54) is 23.0 Å². The Hall–Kier alpha value is -4.18. The zero-order chi connectivity index (χ0) is 25.0. The number of furan rings is 1. The summed E-state index contributed by atoms with van der Waals surface area (Å²) in [6, 6.07) is 10.0. The smallest absolute Gasteiger partial charge is 0.129 e. The molecule has 0 unspecified atom stereocenters. The second-order valence-electron chi connectivity index (χ2n) is 9.45. The van der Waals surface area contributed by atoms with Gasteiger partial charge in [-0.05, 0) is 101 Å². The lowest BCUT2D eigenvalue weighted by atomic mass is 10.00. The van der Waals surface area contributed by atoms with Crippen LogP contribution in [-0.2, 0) is 0 Å².